The monoisotopic (exact) mass is 847 g/mol. The zero-order chi connectivity index (χ0) is 43.7. The van der Waals surface area contributed by atoms with E-state index in [2.05, 4.69) is 32.9 Å². The average Bonchev–Trinajstić information content (AvgIpc) is 3.24. The van der Waals surface area contributed by atoms with Crippen LogP contribution in [-0.2, 0) is 28.6 Å². The Hall–Kier alpha value is -1.85. The standard InChI is InChI=1S/C54H102O6/c1-4-7-10-13-16-19-22-25-26-27-28-30-33-36-39-42-45-48-54(57)60-51(49-58-52(55)46-43-40-37-34-31-24-21-18-15-12-9-6-3)50-59-53(56)47-44-41-38-35-32-29-23-20-17-14-11-8-5-2/h25-26,51H,4-24,27-50H2,1-3H3/b26-25-/t51-/m0/s1. The van der Waals surface area contributed by atoms with Crippen LogP contribution in [0.15, 0.2) is 12.2 Å². The first kappa shape index (κ1) is 58.1. The first-order valence-corrected chi connectivity index (χ1v) is 26.7. The Morgan fingerprint density at radius 3 is 0.833 bits per heavy atom. The Morgan fingerprint density at radius 2 is 0.550 bits per heavy atom. The molecule has 1 atom stereocenters. The lowest BCUT2D eigenvalue weighted by Gasteiger charge is -2.18. The van der Waals surface area contributed by atoms with Gasteiger partial charge in [0.1, 0.15) is 13.2 Å². The normalized spacial score (nSPS) is 12.0. The van der Waals surface area contributed by atoms with Crippen molar-refractivity contribution in [3.05, 3.63) is 12.2 Å². The highest BCUT2D eigenvalue weighted by atomic mass is 16.6. The number of esters is 3. The van der Waals surface area contributed by atoms with Gasteiger partial charge in [0.2, 0.25) is 0 Å². The number of unbranched alkanes of at least 4 members (excludes halogenated alkanes) is 36. The minimum Gasteiger partial charge on any atom is -0.462 e. The van der Waals surface area contributed by atoms with Crippen LogP contribution >= 0.6 is 0 Å². The second-order valence-electron chi connectivity index (χ2n) is 18.2. The molecule has 0 saturated carbocycles. The summed E-state index contributed by atoms with van der Waals surface area (Å²) >= 11 is 0. The van der Waals surface area contributed by atoms with Gasteiger partial charge in [0.05, 0.1) is 0 Å². The van der Waals surface area contributed by atoms with Crippen LogP contribution in [0.1, 0.15) is 297 Å². The van der Waals surface area contributed by atoms with Crippen LogP contribution in [0.5, 0.6) is 0 Å². The summed E-state index contributed by atoms with van der Waals surface area (Å²) in [4.78, 5) is 38.0. The molecule has 0 aliphatic rings. The van der Waals surface area contributed by atoms with E-state index in [0.29, 0.717) is 19.3 Å². The molecule has 0 aromatic rings. The maximum absolute atomic E-state index is 12.8. The van der Waals surface area contributed by atoms with Gasteiger partial charge in [-0.1, -0.05) is 245 Å². The summed E-state index contributed by atoms with van der Waals surface area (Å²) in [5, 5.41) is 0. The molecule has 0 aliphatic carbocycles. The summed E-state index contributed by atoms with van der Waals surface area (Å²) in [6.45, 7) is 6.66. The fourth-order valence-corrected chi connectivity index (χ4v) is 7.97. The molecule has 0 aromatic heterocycles. The van der Waals surface area contributed by atoms with E-state index in [9.17, 15) is 14.4 Å². The topological polar surface area (TPSA) is 78.9 Å². The number of allylic oxidation sites excluding steroid dienone is 2. The van der Waals surface area contributed by atoms with Crippen molar-refractivity contribution in [3.63, 3.8) is 0 Å². The predicted octanol–water partition coefficient (Wildman–Crippen LogP) is 17.4. The number of hydrogen-bond acceptors (Lipinski definition) is 6. The van der Waals surface area contributed by atoms with Crippen LogP contribution in [0.3, 0.4) is 0 Å². The molecule has 0 spiro atoms. The van der Waals surface area contributed by atoms with Crippen molar-refractivity contribution in [2.24, 2.45) is 0 Å². The molecule has 0 unspecified atom stereocenters. The number of carbonyl (C=O) groups excluding carboxylic acids is 3. The second kappa shape index (κ2) is 49.8. The Balaban J connectivity index is 4.32. The highest BCUT2D eigenvalue weighted by Crippen LogP contribution is 2.16. The lowest BCUT2D eigenvalue weighted by molar-refractivity contribution is -0.167. The van der Waals surface area contributed by atoms with Crippen LogP contribution in [0.25, 0.3) is 0 Å². The molecule has 0 bridgehead atoms. The second-order valence-corrected chi connectivity index (χ2v) is 18.2. The van der Waals surface area contributed by atoms with E-state index in [1.165, 1.54) is 199 Å². The van der Waals surface area contributed by atoms with E-state index in [4.69, 9.17) is 14.2 Å². The van der Waals surface area contributed by atoms with Gasteiger partial charge in [0, 0.05) is 19.3 Å². The molecule has 0 heterocycles. The Kier molecular flexibility index (Phi) is 48.3. The van der Waals surface area contributed by atoms with Crippen molar-refractivity contribution in [2.75, 3.05) is 13.2 Å². The molecule has 6 nitrogen and oxygen atoms in total. The molecule has 0 amide bonds. The summed E-state index contributed by atoms with van der Waals surface area (Å²) < 4.78 is 16.8. The smallest absolute Gasteiger partial charge is 0.306 e. The van der Waals surface area contributed by atoms with Gasteiger partial charge in [0.15, 0.2) is 6.10 Å². The van der Waals surface area contributed by atoms with E-state index >= 15 is 0 Å². The van der Waals surface area contributed by atoms with Crippen LogP contribution < -0.4 is 0 Å². The largest absolute Gasteiger partial charge is 0.462 e. The molecule has 0 radical (unpaired) electrons. The predicted molar refractivity (Wildman–Crippen MR) is 256 cm³/mol. The minimum atomic E-state index is -0.765. The molecule has 0 saturated heterocycles. The third-order valence-electron chi connectivity index (χ3n) is 12.0. The van der Waals surface area contributed by atoms with Crippen molar-refractivity contribution in [3.8, 4) is 0 Å². The van der Waals surface area contributed by atoms with E-state index in [0.717, 1.165) is 57.8 Å². The highest BCUT2D eigenvalue weighted by molar-refractivity contribution is 5.71. The number of ether oxygens (including phenoxy) is 3. The van der Waals surface area contributed by atoms with Crippen molar-refractivity contribution in [1.82, 2.24) is 0 Å². The van der Waals surface area contributed by atoms with Gasteiger partial charge >= 0.3 is 17.9 Å². The van der Waals surface area contributed by atoms with Gasteiger partial charge < -0.3 is 14.2 Å². The Bertz CT molecular complexity index is 931. The summed E-state index contributed by atoms with van der Waals surface area (Å²) in [5.41, 5.74) is 0. The molecule has 0 aromatic carbocycles. The first-order valence-electron chi connectivity index (χ1n) is 26.7. The lowest BCUT2D eigenvalue weighted by Crippen LogP contribution is -2.30. The summed E-state index contributed by atoms with van der Waals surface area (Å²) in [7, 11) is 0. The van der Waals surface area contributed by atoms with Gasteiger partial charge in [-0.3, -0.25) is 14.4 Å². The lowest BCUT2D eigenvalue weighted by atomic mass is 10.0. The third kappa shape index (κ3) is 47.2. The molecule has 354 valence electrons. The van der Waals surface area contributed by atoms with Crippen molar-refractivity contribution in [2.45, 2.75) is 303 Å². The summed E-state index contributed by atoms with van der Waals surface area (Å²) in [5.74, 6) is -0.853. The van der Waals surface area contributed by atoms with Crippen LogP contribution in [-0.4, -0.2) is 37.2 Å². The van der Waals surface area contributed by atoms with Gasteiger partial charge in [-0.15, -0.1) is 0 Å². The van der Waals surface area contributed by atoms with Crippen molar-refractivity contribution >= 4 is 17.9 Å². The molecule has 0 aliphatic heterocycles. The summed E-state index contributed by atoms with van der Waals surface area (Å²) in [6.07, 6.45) is 54.7. The zero-order valence-corrected chi connectivity index (χ0v) is 40.5. The quantitative estimate of drug-likeness (QED) is 0.0263. The fourth-order valence-electron chi connectivity index (χ4n) is 7.97. The van der Waals surface area contributed by atoms with E-state index in [1.54, 1.807) is 0 Å². The van der Waals surface area contributed by atoms with Gasteiger partial charge in [-0.05, 0) is 44.9 Å². The van der Waals surface area contributed by atoms with Gasteiger partial charge in [-0.2, -0.15) is 0 Å². The van der Waals surface area contributed by atoms with Crippen LogP contribution in [0, 0.1) is 0 Å². The van der Waals surface area contributed by atoms with E-state index < -0.39 is 6.10 Å². The number of rotatable bonds is 49. The minimum absolute atomic E-state index is 0.0663. The highest BCUT2D eigenvalue weighted by Gasteiger charge is 2.19. The molecule has 60 heavy (non-hydrogen) atoms. The Labute approximate surface area is 373 Å². The molecule has 0 N–H and O–H groups in total. The Morgan fingerprint density at radius 1 is 0.317 bits per heavy atom. The van der Waals surface area contributed by atoms with Gasteiger partial charge in [-0.25, -0.2) is 0 Å². The maximum atomic E-state index is 12.8. The SMILES string of the molecule is CCCCCCCC/C=C\CCCCCCCCCC(=O)O[C@@H](COC(=O)CCCCCCCCCCCCCC)COC(=O)CCCCCCCCCCCCCCC. The molecule has 0 rings (SSSR count). The zero-order valence-electron chi connectivity index (χ0n) is 40.5. The fraction of sp³-hybridized carbons (Fsp3) is 0.907. The maximum Gasteiger partial charge on any atom is 0.306 e. The number of carbonyl (C=O) groups is 3. The molecular formula is C54H102O6. The van der Waals surface area contributed by atoms with Crippen molar-refractivity contribution < 1.29 is 28.6 Å². The summed E-state index contributed by atoms with van der Waals surface area (Å²) in [6, 6.07) is 0. The van der Waals surface area contributed by atoms with Crippen LogP contribution in [0.2, 0.25) is 0 Å². The molecular weight excluding hydrogens is 745 g/mol. The van der Waals surface area contributed by atoms with Crippen LogP contribution in [0.4, 0.5) is 0 Å². The molecule has 0 fully saturated rings. The van der Waals surface area contributed by atoms with Crippen molar-refractivity contribution in [1.29, 1.82) is 0 Å². The number of hydrogen-bond donors (Lipinski definition) is 0. The van der Waals surface area contributed by atoms with E-state index in [-0.39, 0.29) is 31.1 Å². The third-order valence-corrected chi connectivity index (χ3v) is 12.0. The van der Waals surface area contributed by atoms with E-state index in [1.807, 2.05) is 0 Å². The molecule has 6 heteroatoms. The average molecular weight is 847 g/mol. The first-order chi connectivity index (χ1) is 29.5. The van der Waals surface area contributed by atoms with Gasteiger partial charge in [0.25, 0.3) is 0 Å².